The third-order valence-corrected chi connectivity index (χ3v) is 0.815. The summed E-state index contributed by atoms with van der Waals surface area (Å²) in [6.45, 7) is 8.30. The van der Waals surface area contributed by atoms with Crippen LogP contribution in [0, 0.1) is 0 Å². The van der Waals surface area contributed by atoms with Crippen molar-refractivity contribution in [2.75, 3.05) is 6.54 Å². The first kappa shape index (κ1) is 7.44. The van der Waals surface area contributed by atoms with E-state index in [1.165, 1.54) is 5.57 Å². The third kappa shape index (κ3) is 3.62. The molecule has 0 aliphatic carbocycles. The predicted octanol–water partition coefficient (Wildman–Crippen LogP) is 1.47. The van der Waals surface area contributed by atoms with E-state index >= 15 is 0 Å². The molecule has 0 spiro atoms. The molecule has 0 aromatic heterocycles. The smallest absolute Gasteiger partial charge is 0.0137 e. The number of rotatable bonds is 2. The predicted molar refractivity (Wildman–Crippen MR) is 37.6 cm³/mol. The van der Waals surface area contributed by atoms with Crippen LogP contribution in [0.3, 0.4) is 0 Å². The fourth-order valence-corrected chi connectivity index (χ4v) is 0.480. The standard InChI is InChI=1S/C7H13N/c1-6(2)4-7(3)5-8/h4H,1,5,8H2,2-3H3/b7-4-. The van der Waals surface area contributed by atoms with Crippen molar-refractivity contribution in [3.05, 3.63) is 23.8 Å². The molecule has 0 atom stereocenters. The number of nitrogens with two attached hydrogens (primary N) is 1. The van der Waals surface area contributed by atoms with Crippen LogP contribution < -0.4 is 5.73 Å². The van der Waals surface area contributed by atoms with E-state index in [1.807, 2.05) is 19.9 Å². The lowest BCUT2D eigenvalue weighted by atomic mass is 10.2. The molecule has 2 N–H and O–H groups in total. The SMILES string of the molecule is C=C(C)/C=C(/C)CN. The maximum atomic E-state index is 5.31. The first-order chi connectivity index (χ1) is 3.66. The topological polar surface area (TPSA) is 26.0 Å². The molecule has 0 bridgehead atoms. The molecule has 8 heavy (non-hydrogen) atoms. The van der Waals surface area contributed by atoms with Gasteiger partial charge in [0.1, 0.15) is 0 Å². The van der Waals surface area contributed by atoms with Crippen molar-refractivity contribution in [3.8, 4) is 0 Å². The van der Waals surface area contributed by atoms with Gasteiger partial charge in [-0.25, -0.2) is 0 Å². The molecule has 0 aromatic rings. The summed E-state index contributed by atoms with van der Waals surface area (Å²) in [5, 5.41) is 0. The van der Waals surface area contributed by atoms with Gasteiger partial charge in [0.2, 0.25) is 0 Å². The van der Waals surface area contributed by atoms with Gasteiger partial charge in [-0.1, -0.05) is 23.8 Å². The van der Waals surface area contributed by atoms with E-state index in [-0.39, 0.29) is 0 Å². The zero-order valence-electron chi connectivity index (χ0n) is 5.57. The van der Waals surface area contributed by atoms with Gasteiger partial charge >= 0.3 is 0 Å². The van der Waals surface area contributed by atoms with Gasteiger partial charge in [-0.2, -0.15) is 0 Å². The van der Waals surface area contributed by atoms with Crippen molar-refractivity contribution in [2.24, 2.45) is 5.73 Å². The molecule has 1 heteroatoms. The third-order valence-electron chi connectivity index (χ3n) is 0.815. The average Bonchev–Trinajstić information content (AvgIpc) is 1.65. The van der Waals surface area contributed by atoms with Crippen molar-refractivity contribution in [2.45, 2.75) is 13.8 Å². The zero-order valence-corrected chi connectivity index (χ0v) is 5.57. The molecule has 0 heterocycles. The summed E-state index contributed by atoms with van der Waals surface area (Å²) in [7, 11) is 0. The first-order valence-electron chi connectivity index (χ1n) is 2.69. The van der Waals surface area contributed by atoms with Gasteiger partial charge in [0.15, 0.2) is 0 Å². The zero-order chi connectivity index (χ0) is 6.57. The second kappa shape index (κ2) is 3.44. The van der Waals surface area contributed by atoms with E-state index in [1.54, 1.807) is 0 Å². The Hall–Kier alpha value is -0.560. The molecule has 0 unspecified atom stereocenters. The van der Waals surface area contributed by atoms with Crippen LogP contribution in [0.5, 0.6) is 0 Å². The summed E-state index contributed by atoms with van der Waals surface area (Å²) in [5.41, 5.74) is 7.55. The van der Waals surface area contributed by atoms with E-state index in [2.05, 4.69) is 6.58 Å². The van der Waals surface area contributed by atoms with Gasteiger partial charge in [-0.3, -0.25) is 0 Å². The Kier molecular flexibility index (Phi) is 3.20. The van der Waals surface area contributed by atoms with Crippen molar-refractivity contribution in [1.82, 2.24) is 0 Å². The Balaban J connectivity index is 3.75. The number of allylic oxidation sites excluding steroid dienone is 2. The quantitative estimate of drug-likeness (QED) is 0.536. The first-order valence-corrected chi connectivity index (χ1v) is 2.69. The Morgan fingerprint density at radius 1 is 1.62 bits per heavy atom. The van der Waals surface area contributed by atoms with Crippen LogP contribution >= 0.6 is 0 Å². The van der Waals surface area contributed by atoms with Crippen LogP contribution in [0.1, 0.15) is 13.8 Å². The molecule has 0 fully saturated rings. The van der Waals surface area contributed by atoms with E-state index in [0.717, 1.165) is 5.57 Å². The molecule has 0 aliphatic heterocycles. The maximum Gasteiger partial charge on any atom is 0.0137 e. The molecule has 1 nitrogen and oxygen atoms in total. The van der Waals surface area contributed by atoms with Gasteiger partial charge in [0.25, 0.3) is 0 Å². The van der Waals surface area contributed by atoms with Crippen LogP contribution in [-0.2, 0) is 0 Å². The molecule has 0 aliphatic rings. The van der Waals surface area contributed by atoms with Gasteiger partial charge in [-0.15, -0.1) is 0 Å². The van der Waals surface area contributed by atoms with Crippen molar-refractivity contribution in [3.63, 3.8) is 0 Å². The highest BCUT2D eigenvalue weighted by molar-refractivity contribution is 5.17. The lowest BCUT2D eigenvalue weighted by Gasteiger charge is -1.91. The highest BCUT2D eigenvalue weighted by atomic mass is 14.5. The lowest BCUT2D eigenvalue weighted by Crippen LogP contribution is -1.99. The molecule has 46 valence electrons. The van der Waals surface area contributed by atoms with Gasteiger partial charge in [0, 0.05) is 6.54 Å². The van der Waals surface area contributed by atoms with Crippen molar-refractivity contribution < 1.29 is 0 Å². The maximum absolute atomic E-state index is 5.31. The van der Waals surface area contributed by atoms with Crippen molar-refractivity contribution in [1.29, 1.82) is 0 Å². The largest absolute Gasteiger partial charge is 0.327 e. The monoisotopic (exact) mass is 111 g/mol. The van der Waals surface area contributed by atoms with E-state index < -0.39 is 0 Å². The summed E-state index contributed by atoms with van der Waals surface area (Å²) < 4.78 is 0. The highest BCUT2D eigenvalue weighted by Crippen LogP contribution is 1.95. The van der Waals surface area contributed by atoms with Crippen molar-refractivity contribution >= 4 is 0 Å². The minimum Gasteiger partial charge on any atom is -0.327 e. The fourth-order valence-electron chi connectivity index (χ4n) is 0.480. The van der Waals surface area contributed by atoms with Crippen LogP contribution in [0.15, 0.2) is 23.8 Å². The summed E-state index contributed by atoms with van der Waals surface area (Å²) in [6, 6.07) is 0. The summed E-state index contributed by atoms with van der Waals surface area (Å²) >= 11 is 0. The molecule has 0 aromatic carbocycles. The highest BCUT2D eigenvalue weighted by Gasteiger charge is 1.80. The van der Waals surface area contributed by atoms with Gasteiger partial charge < -0.3 is 5.73 Å². The summed E-state index contributed by atoms with van der Waals surface area (Å²) in [4.78, 5) is 0. The Morgan fingerprint density at radius 3 is 2.25 bits per heavy atom. The molecular weight excluding hydrogens is 98.1 g/mol. The molecule has 0 saturated carbocycles. The molecule has 0 amide bonds. The number of hydrogen-bond acceptors (Lipinski definition) is 1. The van der Waals surface area contributed by atoms with Gasteiger partial charge in [-0.05, 0) is 13.8 Å². The van der Waals surface area contributed by atoms with E-state index in [0.29, 0.717) is 6.54 Å². The lowest BCUT2D eigenvalue weighted by molar-refractivity contribution is 1.13. The Labute approximate surface area is 50.9 Å². The van der Waals surface area contributed by atoms with Crippen LogP contribution in [-0.4, -0.2) is 6.54 Å². The molecule has 0 rings (SSSR count). The molecule has 0 saturated heterocycles. The van der Waals surface area contributed by atoms with Crippen LogP contribution in [0.4, 0.5) is 0 Å². The molecular formula is C7H13N. The van der Waals surface area contributed by atoms with E-state index in [9.17, 15) is 0 Å². The number of hydrogen-bond donors (Lipinski definition) is 1. The van der Waals surface area contributed by atoms with E-state index in [4.69, 9.17) is 5.73 Å². The Morgan fingerprint density at radius 2 is 2.12 bits per heavy atom. The van der Waals surface area contributed by atoms with Gasteiger partial charge in [0.05, 0.1) is 0 Å². The Bertz CT molecular complexity index is 112. The fraction of sp³-hybridized carbons (Fsp3) is 0.429. The second-order valence-electron chi connectivity index (χ2n) is 2.04. The van der Waals surface area contributed by atoms with Crippen LogP contribution in [0.25, 0.3) is 0 Å². The minimum absolute atomic E-state index is 0.632. The molecule has 0 radical (unpaired) electrons. The van der Waals surface area contributed by atoms with Crippen LogP contribution in [0.2, 0.25) is 0 Å². The normalized spacial score (nSPS) is 11.6. The second-order valence-corrected chi connectivity index (χ2v) is 2.04. The summed E-state index contributed by atoms with van der Waals surface area (Å²) in [6.07, 6.45) is 1.99. The minimum atomic E-state index is 0.632. The average molecular weight is 111 g/mol. The summed E-state index contributed by atoms with van der Waals surface area (Å²) in [5.74, 6) is 0.